The van der Waals surface area contributed by atoms with E-state index in [-0.39, 0.29) is 5.97 Å². The molecule has 0 aromatic heterocycles. The lowest BCUT2D eigenvalue weighted by molar-refractivity contribution is 0.0600. The molecule has 1 aliphatic rings. The number of thioether (sulfide) groups is 1. The van der Waals surface area contributed by atoms with Crippen LogP contribution in [0.5, 0.6) is 5.75 Å². The summed E-state index contributed by atoms with van der Waals surface area (Å²) in [6.45, 7) is 0.697. The van der Waals surface area contributed by atoms with Crippen molar-refractivity contribution in [1.29, 1.82) is 0 Å². The zero-order chi connectivity index (χ0) is 9.97. The van der Waals surface area contributed by atoms with Crippen LogP contribution in [0.2, 0.25) is 0 Å². The first-order valence-electron chi connectivity index (χ1n) is 4.29. The first-order valence-corrected chi connectivity index (χ1v) is 5.28. The largest absolute Gasteiger partial charge is 0.492 e. The molecular formula is C10H10O3S. The fourth-order valence-electron chi connectivity index (χ4n) is 1.29. The molecule has 1 heterocycles. The topological polar surface area (TPSA) is 35.5 Å². The highest BCUT2D eigenvalue weighted by Crippen LogP contribution is 2.33. The van der Waals surface area contributed by atoms with Crippen molar-refractivity contribution in [2.24, 2.45) is 0 Å². The average molecular weight is 210 g/mol. The fourth-order valence-corrected chi connectivity index (χ4v) is 2.10. The summed E-state index contributed by atoms with van der Waals surface area (Å²) < 4.78 is 10.1. The van der Waals surface area contributed by atoms with Crippen LogP contribution < -0.4 is 4.74 Å². The molecule has 1 aromatic rings. The first kappa shape index (κ1) is 9.40. The third kappa shape index (κ3) is 1.70. The van der Waals surface area contributed by atoms with Gasteiger partial charge in [0.05, 0.1) is 19.3 Å². The van der Waals surface area contributed by atoms with Crippen LogP contribution in [0.3, 0.4) is 0 Å². The minimum atomic E-state index is -0.327. The van der Waals surface area contributed by atoms with Gasteiger partial charge >= 0.3 is 5.97 Å². The second-order valence-corrected chi connectivity index (χ2v) is 3.99. The predicted molar refractivity (Wildman–Crippen MR) is 54.0 cm³/mol. The maximum absolute atomic E-state index is 11.2. The number of hydrogen-bond acceptors (Lipinski definition) is 4. The van der Waals surface area contributed by atoms with Crippen molar-refractivity contribution in [1.82, 2.24) is 0 Å². The van der Waals surface area contributed by atoms with Crippen molar-refractivity contribution in [2.75, 3.05) is 19.5 Å². The van der Waals surface area contributed by atoms with E-state index in [4.69, 9.17) is 4.74 Å². The van der Waals surface area contributed by atoms with Gasteiger partial charge in [-0.15, -0.1) is 11.8 Å². The Kier molecular flexibility index (Phi) is 2.63. The third-order valence-electron chi connectivity index (χ3n) is 1.96. The minimum Gasteiger partial charge on any atom is -0.492 e. The quantitative estimate of drug-likeness (QED) is 0.664. The van der Waals surface area contributed by atoms with E-state index < -0.39 is 0 Å². The lowest BCUT2D eigenvalue weighted by Crippen LogP contribution is -2.08. The van der Waals surface area contributed by atoms with E-state index in [9.17, 15) is 4.79 Å². The van der Waals surface area contributed by atoms with Gasteiger partial charge in [-0.1, -0.05) is 0 Å². The van der Waals surface area contributed by atoms with E-state index in [2.05, 4.69) is 4.74 Å². The van der Waals surface area contributed by atoms with Gasteiger partial charge in [0.2, 0.25) is 0 Å². The van der Waals surface area contributed by atoms with Gasteiger partial charge in [0, 0.05) is 10.6 Å². The van der Waals surface area contributed by atoms with Gasteiger partial charge in [-0.3, -0.25) is 0 Å². The molecule has 2 rings (SSSR count). The second-order valence-electron chi connectivity index (χ2n) is 2.85. The summed E-state index contributed by atoms with van der Waals surface area (Å²) in [4.78, 5) is 12.3. The molecule has 0 amide bonds. The molecule has 0 atom stereocenters. The Labute approximate surface area is 86.4 Å². The number of hydrogen-bond donors (Lipinski definition) is 0. The standard InChI is InChI=1S/C10H10O3S/c1-12-10(11)7-2-3-9-8(6-7)13-4-5-14-9/h2-3,6H,4-5H2,1H3. The monoisotopic (exact) mass is 210 g/mol. The molecule has 0 spiro atoms. The average Bonchev–Trinajstić information content (AvgIpc) is 2.27. The summed E-state index contributed by atoms with van der Waals surface area (Å²) >= 11 is 1.74. The molecule has 4 heteroatoms. The van der Waals surface area contributed by atoms with Gasteiger partial charge < -0.3 is 9.47 Å². The van der Waals surface area contributed by atoms with Crippen molar-refractivity contribution < 1.29 is 14.3 Å². The summed E-state index contributed by atoms with van der Waals surface area (Å²) in [6, 6.07) is 5.38. The maximum atomic E-state index is 11.2. The zero-order valence-electron chi connectivity index (χ0n) is 7.78. The molecule has 74 valence electrons. The molecule has 0 saturated heterocycles. The number of methoxy groups -OCH3 is 1. The summed E-state index contributed by atoms with van der Waals surface area (Å²) in [5.74, 6) is 1.42. The van der Waals surface area contributed by atoms with Gasteiger partial charge in [0.1, 0.15) is 5.75 Å². The van der Waals surface area contributed by atoms with Gasteiger partial charge in [0.25, 0.3) is 0 Å². The Bertz CT molecular complexity index is 362. The van der Waals surface area contributed by atoms with Crippen LogP contribution in [0.1, 0.15) is 10.4 Å². The van der Waals surface area contributed by atoms with Crippen LogP contribution in [-0.4, -0.2) is 25.4 Å². The SMILES string of the molecule is COC(=O)c1ccc2c(c1)OCCS2. The number of carbonyl (C=O) groups is 1. The normalized spacial score (nSPS) is 14.1. The number of esters is 1. The molecule has 0 saturated carbocycles. The van der Waals surface area contributed by atoms with Crippen LogP contribution in [-0.2, 0) is 4.74 Å². The van der Waals surface area contributed by atoms with E-state index in [1.165, 1.54) is 7.11 Å². The van der Waals surface area contributed by atoms with Crippen LogP contribution >= 0.6 is 11.8 Å². The van der Waals surface area contributed by atoms with Crippen molar-refractivity contribution in [2.45, 2.75) is 4.90 Å². The van der Waals surface area contributed by atoms with Crippen LogP contribution in [0.4, 0.5) is 0 Å². The van der Waals surface area contributed by atoms with Crippen molar-refractivity contribution in [3.8, 4) is 5.75 Å². The molecule has 0 fully saturated rings. The molecule has 0 unspecified atom stereocenters. The van der Waals surface area contributed by atoms with Crippen LogP contribution in [0.15, 0.2) is 23.1 Å². The van der Waals surface area contributed by atoms with Crippen molar-refractivity contribution in [3.05, 3.63) is 23.8 Å². The van der Waals surface area contributed by atoms with E-state index in [1.54, 1.807) is 23.9 Å². The highest BCUT2D eigenvalue weighted by atomic mass is 32.2. The number of ether oxygens (including phenoxy) is 2. The molecule has 1 aromatic carbocycles. The number of rotatable bonds is 1. The number of fused-ring (bicyclic) bond motifs is 1. The third-order valence-corrected chi connectivity index (χ3v) is 2.98. The van der Waals surface area contributed by atoms with E-state index in [0.29, 0.717) is 12.2 Å². The predicted octanol–water partition coefficient (Wildman–Crippen LogP) is 1.96. The lowest BCUT2D eigenvalue weighted by Gasteiger charge is -2.16. The summed E-state index contributed by atoms with van der Waals surface area (Å²) in [7, 11) is 1.37. The van der Waals surface area contributed by atoms with Crippen molar-refractivity contribution >= 4 is 17.7 Å². The first-order chi connectivity index (χ1) is 6.81. The zero-order valence-corrected chi connectivity index (χ0v) is 8.60. The molecular weight excluding hydrogens is 200 g/mol. The lowest BCUT2D eigenvalue weighted by atomic mass is 10.2. The summed E-state index contributed by atoms with van der Waals surface area (Å²) in [5, 5.41) is 0. The molecule has 1 aliphatic heterocycles. The molecule has 0 N–H and O–H groups in total. The summed E-state index contributed by atoms with van der Waals surface area (Å²) in [5.41, 5.74) is 0.536. The van der Waals surface area contributed by atoms with E-state index >= 15 is 0 Å². The highest BCUT2D eigenvalue weighted by molar-refractivity contribution is 7.99. The Morgan fingerprint density at radius 2 is 2.43 bits per heavy atom. The molecule has 3 nitrogen and oxygen atoms in total. The van der Waals surface area contributed by atoms with Gasteiger partial charge in [-0.2, -0.15) is 0 Å². The van der Waals surface area contributed by atoms with Crippen LogP contribution in [0, 0.1) is 0 Å². The molecule has 0 radical (unpaired) electrons. The second kappa shape index (κ2) is 3.92. The Hall–Kier alpha value is -1.16. The summed E-state index contributed by atoms with van der Waals surface area (Å²) in [6.07, 6.45) is 0. The Morgan fingerprint density at radius 1 is 1.57 bits per heavy atom. The minimum absolute atomic E-state index is 0.327. The smallest absolute Gasteiger partial charge is 0.337 e. The Morgan fingerprint density at radius 3 is 3.21 bits per heavy atom. The Balaban J connectivity index is 2.33. The number of carbonyl (C=O) groups excluding carboxylic acids is 1. The van der Waals surface area contributed by atoms with Gasteiger partial charge in [-0.25, -0.2) is 4.79 Å². The van der Waals surface area contributed by atoms with E-state index in [1.807, 2.05) is 6.07 Å². The van der Waals surface area contributed by atoms with Gasteiger partial charge in [0.15, 0.2) is 0 Å². The molecule has 0 bridgehead atoms. The van der Waals surface area contributed by atoms with Crippen LogP contribution in [0.25, 0.3) is 0 Å². The molecule has 0 aliphatic carbocycles. The van der Waals surface area contributed by atoms with Gasteiger partial charge in [-0.05, 0) is 18.2 Å². The highest BCUT2D eigenvalue weighted by Gasteiger charge is 2.14. The number of benzene rings is 1. The fraction of sp³-hybridized carbons (Fsp3) is 0.300. The van der Waals surface area contributed by atoms with E-state index in [0.717, 1.165) is 16.4 Å². The maximum Gasteiger partial charge on any atom is 0.337 e. The molecule has 14 heavy (non-hydrogen) atoms. The van der Waals surface area contributed by atoms with Crippen molar-refractivity contribution in [3.63, 3.8) is 0 Å².